The zero-order chi connectivity index (χ0) is 16.3. The number of sulfone groups is 1. The lowest BCUT2D eigenvalue weighted by Crippen LogP contribution is -2.36. The number of hydrogen-bond donors (Lipinski definition) is 2. The molecule has 126 valence electrons. The molecular weight excluding hydrogens is 314 g/mol. The van der Waals surface area contributed by atoms with Crippen LogP contribution in [0.1, 0.15) is 49.0 Å². The molecular formula is C16H23N3O3S. The summed E-state index contributed by atoms with van der Waals surface area (Å²) in [7, 11) is -3.00. The number of hydrogen-bond acceptors (Lipinski definition) is 5. The first-order valence-corrected chi connectivity index (χ1v) is 10.1. The zero-order valence-corrected chi connectivity index (χ0v) is 13.9. The van der Waals surface area contributed by atoms with E-state index in [0.29, 0.717) is 18.2 Å². The molecule has 0 spiro atoms. The highest BCUT2D eigenvalue weighted by Gasteiger charge is 2.29. The van der Waals surface area contributed by atoms with Gasteiger partial charge < -0.3 is 10.6 Å². The molecule has 23 heavy (non-hydrogen) atoms. The fourth-order valence-corrected chi connectivity index (χ4v) is 4.97. The third kappa shape index (κ3) is 4.43. The van der Waals surface area contributed by atoms with E-state index in [2.05, 4.69) is 15.6 Å². The average molecular weight is 337 g/mol. The SMILES string of the molecule is O=C(NC1CCS(=O)(=O)C1)c1cc(NC2CCCCC2)ccn1. The molecule has 0 bridgehead atoms. The first-order valence-electron chi connectivity index (χ1n) is 8.26. The number of carbonyl (C=O) groups excluding carboxylic acids is 1. The Balaban J connectivity index is 1.61. The minimum Gasteiger partial charge on any atom is -0.382 e. The van der Waals surface area contributed by atoms with Gasteiger partial charge in [0.25, 0.3) is 5.91 Å². The van der Waals surface area contributed by atoms with Crippen molar-refractivity contribution in [1.82, 2.24) is 10.3 Å². The summed E-state index contributed by atoms with van der Waals surface area (Å²) in [6.07, 6.45) is 8.19. The van der Waals surface area contributed by atoms with Gasteiger partial charge in [-0.05, 0) is 31.4 Å². The van der Waals surface area contributed by atoms with Crippen molar-refractivity contribution in [3.63, 3.8) is 0 Å². The summed E-state index contributed by atoms with van der Waals surface area (Å²) in [5.74, 6) is -0.132. The van der Waals surface area contributed by atoms with Crippen LogP contribution in [-0.2, 0) is 9.84 Å². The molecule has 0 radical (unpaired) electrons. The minimum absolute atomic E-state index is 0.0265. The Morgan fingerprint density at radius 1 is 1.13 bits per heavy atom. The second-order valence-electron chi connectivity index (χ2n) is 6.48. The predicted octanol–water partition coefficient (Wildman–Crippen LogP) is 1.74. The highest BCUT2D eigenvalue weighted by molar-refractivity contribution is 7.91. The van der Waals surface area contributed by atoms with E-state index in [1.54, 1.807) is 12.3 Å². The summed E-state index contributed by atoms with van der Waals surface area (Å²) in [5.41, 5.74) is 1.23. The molecule has 2 N–H and O–H groups in total. The fourth-order valence-electron chi connectivity index (χ4n) is 3.30. The number of amides is 1. The van der Waals surface area contributed by atoms with Crippen LogP contribution in [0.25, 0.3) is 0 Å². The van der Waals surface area contributed by atoms with Gasteiger partial charge in [-0.25, -0.2) is 8.42 Å². The Morgan fingerprint density at radius 2 is 1.91 bits per heavy atom. The van der Waals surface area contributed by atoms with Crippen LogP contribution in [0.15, 0.2) is 18.3 Å². The number of nitrogens with one attached hydrogen (secondary N) is 2. The van der Waals surface area contributed by atoms with Gasteiger partial charge in [0.2, 0.25) is 0 Å². The van der Waals surface area contributed by atoms with Gasteiger partial charge >= 0.3 is 0 Å². The lowest BCUT2D eigenvalue weighted by atomic mass is 9.95. The van der Waals surface area contributed by atoms with Gasteiger partial charge in [0.15, 0.2) is 9.84 Å². The van der Waals surface area contributed by atoms with Gasteiger partial charge in [0.1, 0.15) is 5.69 Å². The van der Waals surface area contributed by atoms with E-state index in [9.17, 15) is 13.2 Å². The van der Waals surface area contributed by atoms with Gasteiger partial charge in [-0.2, -0.15) is 0 Å². The maximum absolute atomic E-state index is 12.3. The van der Waals surface area contributed by atoms with Crippen molar-refractivity contribution < 1.29 is 13.2 Å². The Labute approximate surface area is 137 Å². The number of pyridine rings is 1. The summed E-state index contributed by atoms with van der Waals surface area (Å²) in [6, 6.07) is 3.77. The number of nitrogens with zero attached hydrogens (tertiary/aromatic N) is 1. The number of anilines is 1. The molecule has 1 saturated heterocycles. The number of aromatic nitrogens is 1. The molecule has 7 heteroatoms. The molecule has 2 fully saturated rings. The zero-order valence-electron chi connectivity index (χ0n) is 13.1. The van der Waals surface area contributed by atoms with Crippen LogP contribution in [0.3, 0.4) is 0 Å². The Morgan fingerprint density at radius 3 is 2.61 bits per heavy atom. The molecule has 3 rings (SSSR count). The quantitative estimate of drug-likeness (QED) is 0.874. The Kier molecular flexibility index (Phi) is 4.84. The third-order valence-corrected chi connectivity index (χ3v) is 6.30. The van der Waals surface area contributed by atoms with Gasteiger partial charge in [-0.1, -0.05) is 19.3 Å². The van der Waals surface area contributed by atoms with Crippen molar-refractivity contribution in [1.29, 1.82) is 0 Å². The van der Waals surface area contributed by atoms with E-state index in [1.807, 2.05) is 6.07 Å². The molecule has 1 saturated carbocycles. The average Bonchev–Trinajstić information content (AvgIpc) is 2.87. The lowest BCUT2D eigenvalue weighted by Gasteiger charge is -2.24. The van der Waals surface area contributed by atoms with Crippen molar-refractivity contribution in [3.8, 4) is 0 Å². The molecule has 1 atom stereocenters. The first-order chi connectivity index (χ1) is 11.0. The monoisotopic (exact) mass is 337 g/mol. The molecule has 1 aromatic heterocycles. The molecule has 1 aliphatic carbocycles. The standard InChI is InChI=1S/C16H23N3O3S/c20-16(19-14-7-9-23(21,22)11-14)15-10-13(6-8-17-15)18-12-4-2-1-3-5-12/h6,8,10,12,14H,1-5,7,9,11H2,(H,17,18)(H,19,20). The van der Waals surface area contributed by atoms with Crippen molar-refractivity contribution in [3.05, 3.63) is 24.0 Å². The smallest absolute Gasteiger partial charge is 0.270 e. The summed E-state index contributed by atoms with van der Waals surface area (Å²) in [6.45, 7) is 0. The topological polar surface area (TPSA) is 88.2 Å². The van der Waals surface area contributed by atoms with Crippen LogP contribution in [0, 0.1) is 0 Å². The maximum Gasteiger partial charge on any atom is 0.270 e. The van der Waals surface area contributed by atoms with Crippen molar-refractivity contribution in [2.75, 3.05) is 16.8 Å². The van der Waals surface area contributed by atoms with E-state index in [1.165, 1.54) is 19.3 Å². The van der Waals surface area contributed by atoms with Crippen molar-refractivity contribution in [2.45, 2.75) is 50.6 Å². The molecule has 1 unspecified atom stereocenters. The van der Waals surface area contributed by atoms with Crippen LogP contribution in [0.5, 0.6) is 0 Å². The predicted molar refractivity (Wildman–Crippen MR) is 89.3 cm³/mol. The van der Waals surface area contributed by atoms with Crippen LogP contribution >= 0.6 is 0 Å². The van der Waals surface area contributed by atoms with Crippen LogP contribution in [-0.4, -0.2) is 42.9 Å². The van der Waals surface area contributed by atoms with E-state index in [-0.39, 0.29) is 23.5 Å². The minimum atomic E-state index is -3.00. The third-order valence-electron chi connectivity index (χ3n) is 4.54. The summed E-state index contributed by atoms with van der Waals surface area (Å²) >= 11 is 0. The normalized spacial score (nSPS) is 24.3. The van der Waals surface area contributed by atoms with Crippen molar-refractivity contribution >= 4 is 21.4 Å². The molecule has 0 aromatic carbocycles. The number of rotatable bonds is 4. The fraction of sp³-hybridized carbons (Fsp3) is 0.625. The Bertz CT molecular complexity index is 669. The second-order valence-corrected chi connectivity index (χ2v) is 8.71. The summed E-state index contributed by atoms with van der Waals surface area (Å²) < 4.78 is 22.9. The highest BCUT2D eigenvalue weighted by atomic mass is 32.2. The highest BCUT2D eigenvalue weighted by Crippen LogP contribution is 2.21. The Hall–Kier alpha value is -1.63. The summed E-state index contributed by atoms with van der Waals surface area (Å²) in [4.78, 5) is 16.4. The molecule has 1 aliphatic heterocycles. The van der Waals surface area contributed by atoms with Crippen LogP contribution in [0.4, 0.5) is 5.69 Å². The van der Waals surface area contributed by atoms with E-state index >= 15 is 0 Å². The van der Waals surface area contributed by atoms with Gasteiger partial charge in [0, 0.05) is 24.0 Å². The van der Waals surface area contributed by atoms with Crippen molar-refractivity contribution in [2.24, 2.45) is 0 Å². The number of carbonyl (C=O) groups is 1. The van der Waals surface area contributed by atoms with E-state index in [0.717, 1.165) is 18.5 Å². The molecule has 1 aromatic rings. The van der Waals surface area contributed by atoms with Gasteiger partial charge in [-0.15, -0.1) is 0 Å². The van der Waals surface area contributed by atoms with E-state index in [4.69, 9.17) is 0 Å². The van der Waals surface area contributed by atoms with Gasteiger partial charge in [0.05, 0.1) is 11.5 Å². The largest absolute Gasteiger partial charge is 0.382 e. The molecule has 2 aliphatic rings. The maximum atomic E-state index is 12.3. The first kappa shape index (κ1) is 16.2. The summed E-state index contributed by atoms with van der Waals surface area (Å²) in [5, 5.41) is 6.24. The molecule has 6 nitrogen and oxygen atoms in total. The van der Waals surface area contributed by atoms with Gasteiger partial charge in [-0.3, -0.25) is 9.78 Å². The van der Waals surface area contributed by atoms with Crippen LogP contribution in [0.2, 0.25) is 0 Å². The molecule has 1 amide bonds. The van der Waals surface area contributed by atoms with Crippen LogP contribution < -0.4 is 10.6 Å². The lowest BCUT2D eigenvalue weighted by molar-refractivity contribution is 0.0936. The van der Waals surface area contributed by atoms with E-state index < -0.39 is 9.84 Å². The second kappa shape index (κ2) is 6.86. The molecule has 2 heterocycles.